The van der Waals surface area contributed by atoms with E-state index in [1.165, 1.54) is 11.3 Å². The quantitative estimate of drug-likeness (QED) is 0.513. The predicted molar refractivity (Wildman–Crippen MR) is 139 cm³/mol. The molecule has 1 aliphatic carbocycles. The molecule has 1 aliphatic heterocycles. The second-order valence-electron chi connectivity index (χ2n) is 9.69. The molecule has 1 saturated carbocycles. The number of aryl methyl sites for hydroxylation is 1. The van der Waals surface area contributed by atoms with Crippen LogP contribution in [0, 0.1) is 0 Å². The monoisotopic (exact) mass is 495 g/mol. The molecule has 8 heteroatoms. The lowest BCUT2D eigenvalue weighted by Crippen LogP contribution is -2.65. The Morgan fingerprint density at radius 2 is 1.86 bits per heavy atom. The van der Waals surface area contributed by atoms with Gasteiger partial charge in [0.05, 0.1) is 31.0 Å². The fourth-order valence-corrected chi connectivity index (χ4v) is 6.50. The van der Waals surface area contributed by atoms with Gasteiger partial charge in [0, 0.05) is 22.7 Å². The van der Waals surface area contributed by atoms with Gasteiger partial charge in [-0.15, -0.1) is 11.3 Å². The number of fused-ring (bicyclic) bond motifs is 3. The number of hydrogen-bond acceptors (Lipinski definition) is 5. The van der Waals surface area contributed by atoms with Crippen molar-refractivity contribution in [3.63, 3.8) is 0 Å². The van der Waals surface area contributed by atoms with Crippen molar-refractivity contribution in [1.82, 2.24) is 9.88 Å². The molecule has 1 unspecified atom stereocenters. The van der Waals surface area contributed by atoms with E-state index in [-0.39, 0.29) is 17.9 Å². The number of methoxy groups -OCH3 is 2. The zero-order chi connectivity index (χ0) is 24.7. The van der Waals surface area contributed by atoms with Gasteiger partial charge in [-0.25, -0.2) is 0 Å². The molecule has 0 radical (unpaired) electrons. The number of amides is 2. The Labute approximate surface area is 210 Å². The van der Waals surface area contributed by atoms with Crippen LogP contribution in [0.15, 0.2) is 30.3 Å². The summed E-state index contributed by atoms with van der Waals surface area (Å²) in [6.45, 7) is 4.39. The molecule has 1 N–H and O–H groups in total. The fourth-order valence-electron chi connectivity index (χ4n) is 5.46. The number of rotatable bonds is 6. The van der Waals surface area contributed by atoms with Crippen LogP contribution in [-0.2, 0) is 17.8 Å². The van der Waals surface area contributed by atoms with Gasteiger partial charge in [-0.2, -0.15) is 0 Å². The number of benzene rings is 1. The van der Waals surface area contributed by atoms with Gasteiger partial charge in [0.15, 0.2) is 11.5 Å². The molecule has 0 bridgehead atoms. The van der Waals surface area contributed by atoms with E-state index in [4.69, 9.17) is 9.47 Å². The fraction of sp³-hybridized carbons (Fsp3) is 0.481. The molecule has 186 valence electrons. The first-order valence-corrected chi connectivity index (χ1v) is 13.2. The number of aromatic nitrogens is 1. The lowest BCUT2D eigenvalue weighted by atomic mass is 9.91. The summed E-state index contributed by atoms with van der Waals surface area (Å²) in [5, 5.41) is 3.29. The minimum Gasteiger partial charge on any atom is -0.493 e. The summed E-state index contributed by atoms with van der Waals surface area (Å²) in [5.41, 5.74) is 1.13. The summed E-state index contributed by atoms with van der Waals surface area (Å²) in [4.78, 5) is 30.9. The number of thiophene rings is 1. The molecule has 2 aromatic heterocycles. The second-order valence-corrected chi connectivity index (χ2v) is 10.9. The van der Waals surface area contributed by atoms with Crippen LogP contribution in [-0.4, -0.2) is 42.2 Å². The maximum Gasteiger partial charge on any atom is 0.275 e. The normalized spacial score (nSPS) is 20.7. The van der Waals surface area contributed by atoms with Crippen molar-refractivity contribution in [3.8, 4) is 11.5 Å². The number of anilines is 1. The molecule has 5 rings (SSSR count). The number of ether oxygens (including phenoxy) is 2. The maximum absolute atomic E-state index is 14.1. The van der Waals surface area contributed by atoms with Gasteiger partial charge in [0.1, 0.15) is 11.2 Å². The number of carbonyl (C=O) groups is 2. The van der Waals surface area contributed by atoms with Gasteiger partial charge in [0.25, 0.3) is 5.91 Å². The Balaban J connectivity index is 1.62. The van der Waals surface area contributed by atoms with Crippen LogP contribution in [0.2, 0.25) is 0 Å². The molecular formula is C27H33N3O4S. The predicted octanol–water partition coefficient (Wildman–Crippen LogP) is 5.15. The van der Waals surface area contributed by atoms with Gasteiger partial charge < -0.3 is 19.4 Å². The smallest absolute Gasteiger partial charge is 0.275 e. The van der Waals surface area contributed by atoms with Crippen LogP contribution < -0.4 is 19.7 Å². The van der Waals surface area contributed by atoms with E-state index < -0.39 is 5.54 Å². The van der Waals surface area contributed by atoms with E-state index in [0.717, 1.165) is 42.3 Å². The third-order valence-corrected chi connectivity index (χ3v) is 8.64. The number of carbonyl (C=O) groups excluding carboxylic acids is 2. The minimum absolute atomic E-state index is 0.119. The lowest BCUT2D eigenvalue weighted by Gasteiger charge is -2.44. The Morgan fingerprint density at radius 3 is 2.54 bits per heavy atom. The van der Waals surface area contributed by atoms with Gasteiger partial charge in [-0.3, -0.25) is 14.5 Å². The lowest BCUT2D eigenvalue weighted by molar-refractivity contribution is -0.127. The van der Waals surface area contributed by atoms with E-state index in [2.05, 4.69) is 18.3 Å². The summed E-state index contributed by atoms with van der Waals surface area (Å²) >= 11 is 1.71. The molecule has 3 heterocycles. The van der Waals surface area contributed by atoms with E-state index in [1.54, 1.807) is 42.6 Å². The van der Waals surface area contributed by atoms with Crippen LogP contribution in [0.5, 0.6) is 11.5 Å². The van der Waals surface area contributed by atoms with Crippen molar-refractivity contribution in [2.45, 2.75) is 70.5 Å². The molecule has 0 spiro atoms. The minimum atomic E-state index is -1.11. The molecular weight excluding hydrogens is 462 g/mol. The average Bonchev–Trinajstić information content (AvgIpc) is 3.43. The summed E-state index contributed by atoms with van der Waals surface area (Å²) in [6.07, 6.45) is 6.36. The molecule has 35 heavy (non-hydrogen) atoms. The summed E-state index contributed by atoms with van der Waals surface area (Å²) in [7, 11) is 3.15. The average molecular weight is 496 g/mol. The molecule has 1 atom stereocenters. The van der Waals surface area contributed by atoms with E-state index in [0.29, 0.717) is 29.4 Å². The van der Waals surface area contributed by atoms with Crippen molar-refractivity contribution in [2.75, 3.05) is 19.1 Å². The summed E-state index contributed by atoms with van der Waals surface area (Å²) in [5.74, 6) is 0.782. The Kier molecular flexibility index (Phi) is 6.25. The highest BCUT2D eigenvalue weighted by Crippen LogP contribution is 2.41. The van der Waals surface area contributed by atoms with E-state index in [9.17, 15) is 9.59 Å². The summed E-state index contributed by atoms with van der Waals surface area (Å²) < 4.78 is 14.0. The van der Waals surface area contributed by atoms with Crippen molar-refractivity contribution in [1.29, 1.82) is 0 Å². The molecule has 2 amide bonds. The molecule has 1 aromatic carbocycles. The van der Waals surface area contributed by atoms with Gasteiger partial charge >= 0.3 is 0 Å². The highest BCUT2D eigenvalue weighted by atomic mass is 32.1. The third-order valence-electron chi connectivity index (χ3n) is 7.43. The highest BCUT2D eigenvalue weighted by molar-refractivity contribution is 7.19. The maximum atomic E-state index is 14.1. The zero-order valence-corrected chi connectivity index (χ0v) is 21.7. The zero-order valence-electron chi connectivity index (χ0n) is 20.8. The molecule has 1 fully saturated rings. The highest BCUT2D eigenvalue weighted by Gasteiger charge is 2.49. The van der Waals surface area contributed by atoms with Crippen LogP contribution in [0.3, 0.4) is 0 Å². The van der Waals surface area contributed by atoms with Crippen molar-refractivity contribution >= 4 is 39.1 Å². The van der Waals surface area contributed by atoms with E-state index >= 15 is 0 Å². The van der Waals surface area contributed by atoms with Crippen molar-refractivity contribution in [3.05, 3.63) is 40.9 Å². The van der Waals surface area contributed by atoms with Gasteiger partial charge in [-0.1, -0.05) is 26.2 Å². The Bertz CT molecular complexity index is 1270. The molecule has 0 saturated heterocycles. The van der Waals surface area contributed by atoms with Crippen LogP contribution in [0.1, 0.15) is 61.3 Å². The standard InChI is InChI=1S/C27H33N3O4S/c1-5-19-14-20-24(35-19)15-21-25(31)30(18-11-12-22(33-3)23(13-18)34-4)27(2,16-29(20)21)26(32)28-17-9-7-6-8-10-17/h11-15,17H,5-10,16H2,1-4H3,(H,28,32). The first-order valence-electron chi connectivity index (χ1n) is 12.4. The third kappa shape index (κ3) is 3.97. The van der Waals surface area contributed by atoms with Gasteiger partial charge in [0.2, 0.25) is 5.91 Å². The van der Waals surface area contributed by atoms with E-state index in [1.807, 2.05) is 23.6 Å². The van der Waals surface area contributed by atoms with Crippen molar-refractivity contribution < 1.29 is 19.1 Å². The second kappa shape index (κ2) is 9.22. The first kappa shape index (κ1) is 23.7. The number of nitrogens with one attached hydrogen (secondary N) is 1. The first-order chi connectivity index (χ1) is 16.9. The molecule has 2 aliphatic rings. The Hall–Kier alpha value is -3.00. The topological polar surface area (TPSA) is 72.8 Å². The van der Waals surface area contributed by atoms with Crippen LogP contribution >= 0.6 is 11.3 Å². The number of nitrogens with zero attached hydrogens (tertiary/aromatic N) is 2. The SMILES string of the molecule is CCc1cc2c(cc3n2CC(C)(C(=O)NC2CCCCC2)N(c2ccc(OC)c(OC)c2)C3=O)s1. The van der Waals surface area contributed by atoms with Crippen LogP contribution in [0.25, 0.3) is 10.2 Å². The largest absolute Gasteiger partial charge is 0.493 e. The van der Waals surface area contributed by atoms with Gasteiger partial charge in [-0.05, 0) is 50.5 Å². The molecule has 3 aromatic rings. The molecule has 7 nitrogen and oxygen atoms in total. The van der Waals surface area contributed by atoms with Crippen molar-refractivity contribution in [2.24, 2.45) is 0 Å². The Morgan fingerprint density at radius 1 is 1.11 bits per heavy atom. The summed E-state index contributed by atoms with van der Waals surface area (Å²) in [6, 6.07) is 9.64. The number of hydrogen-bond donors (Lipinski definition) is 1. The van der Waals surface area contributed by atoms with Crippen LogP contribution in [0.4, 0.5) is 5.69 Å².